The Kier molecular flexibility index (Phi) is 5.22. The third-order valence-electron chi connectivity index (χ3n) is 6.16. The van der Waals surface area contributed by atoms with Crippen molar-refractivity contribution in [1.29, 1.82) is 0 Å². The number of likely N-dealkylation sites (tertiary alicyclic amines) is 2. The lowest BCUT2D eigenvalue weighted by atomic mass is 9.72. The molecule has 1 spiro atoms. The van der Waals surface area contributed by atoms with E-state index in [1.807, 2.05) is 16.7 Å². The molecule has 0 aliphatic carbocycles. The van der Waals surface area contributed by atoms with Crippen molar-refractivity contribution in [2.24, 2.45) is 5.41 Å². The molecule has 1 aromatic heterocycles. The van der Waals surface area contributed by atoms with Gasteiger partial charge in [0.05, 0.1) is 24.1 Å². The number of phenols is 1. The molecule has 1 aromatic carbocycles. The number of carbonyl (C=O) groups is 2. The third kappa shape index (κ3) is 4.23. The molecule has 0 unspecified atom stereocenters. The highest BCUT2D eigenvalue weighted by atomic mass is 16.3. The van der Waals surface area contributed by atoms with Crippen LogP contribution in [0.5, 0.6) is 5.75 Å². The lowest BCUT2D eigenvalue weighted by molar-refractivity contribution is -0.139. The minimum atomic E-state index is -0.00137. The molecule has 2 fully saturated rings. The molecule has 1 N–H and O–H groups in total. The number of hydrogen-bond donors (Lipinski definition) is 1. The number of aryl methyl sites for hydroxylation is 1. The van der Waals surface area contributed by atoms with Gasteiger partial charge in [-0.25, -0.2) is 0 Å². The fourth-order valence-electron chi connectivity index (χ4n) is 4.32. The molecular formula is C22H26N4O3. The summed E-state index contributed by atoms with van der Waals surface area (Å²) in [5.41, 5.74) is 2.33. The fourth-order valence-corrected chi connectivity index (χ4v) is 4.32. The van der Waals surface area contributed by atoms with E-state index in [-0.39, 0.29) is 23.0 Å². The Morgan fingerprint density at radius 1 is 1.10 bits per heavy atom. The zero-order valence-corrected chi connectivity index (χ0v) is 16.7. The van der Waals surface area contributed by atoms with Gasteiger partial charge in [-0.1, -0.05) is 0 Å². The second-order valence-corrected chi connectivity index (χ2v) is 8.24. The van der Waals surface area contributed by atoms with E-state index in [0.717, 1.165) is 30.7 Å². The summed E-state index contributed by atoms with van der Waals surface area (Å²) in [4.78, 5) is 37.6. The Balaban J connectivity index is 1.39. The summed E-state index contributed by atoms with van der Waals surface area (Å²) in [6.45, 7) is 4.47. The zero-order chi connectivity index (χ0) is 20.4. The van der Waals surface area contributed by atoms with Gasteiger partial charge < -0.3 is 14.9 Å². The molecule has 2 aliphatic heterocycles. The molecule has 0 saturated carbocycles. The number of amides is 2. The summed E-state index contributed by atoms with van der Waals surface area (Å²) in [6, 6.07) is 6.39. The first kappa shape index (κ1) is 19.4. The van der Waals surface area contributed by atoms with Gasteiger partial charge in [0, 0.05) is 37.8 Å². The standard InChI is InChI=1S/C22H26N4O3/c1-16-12-24-18(13-23-16)14-26-15-22(7-6-20(26)28)8-10-25(11-9-22)21(29)17-2-4-19(27)5-3-17/h2-5,12-13,27H,6-11,14-15H2,1H3. The van der Waals surface area contributed by atoms with E-state index in [9.17, 15) is 14.7 Å². The lowest BCUT2D eigenvalue weighted by Gasteiger charge is -2.47. The fraction of sp³-hybridized carbons (Fsp3) is 0.455. The van der Waals surface area contributed by atoms with E-state index < -0.39 is 0 Å². The number of piperidine rings is 2. The second kappa shape index (κ2) is 7.81. The van der Waals surface area contributed by atoms with Gasteiger partial charge in [-0.3, -0.25) is 19.6 Å². The number of hydrogen-bond acceptors (Lipinski definition) is 5. The van der Waals surface area contributed by atoms with Gasteiger partial charge in [0.2, 0.25) is 5.91 Å². The van der Waals surface area contributed by atoms with Crippen molar-refractivity contribution in [2.45, 2.75) is 39.2 Å². The number of aromatic hydroxyl groups is 1. The van der Waals surface area contributed by atoms with Gasteiger partial charge in [-0.15, -0.1) is 0 Å². The SMILES string of the molecule is Cc1cnc(CN2CC3(CCC2=O)CCN(C(=O)c2ccc(O)cc2)CC3)cn1. The average Bonchev–Trinajstić information content (AvgIpc) is 2.73. The highest BCUT2D eigenvalue weighted by Gasteiger charge is 2.41. The van der Waals surface area contributed by atoms with Crippen LogP contribution in [-0.4, -0.2) is 56.3 Å². The predicted molar refractivity (Wildman–Crippen MR) is 107 cm³/mol. The van der Waals surface area contributed by atoms with E-state index >= 15 is 0 Å². The summed E-state index contributed by atoms with van der Waals surface area (Å²) in [5, 5.41) is 9.41. The summed E-state index contributed by atoms with van der Waals surface area (Å²) < 4.78 is 0. The van der Waals surface area contributed by atoms with Gasteiger partial charge in [-0.2, -0.15) is 0 Å². The molecule has 152 valence electrons. The van der Waals surface area contributed by atoms with Crippen LogP contribution in [0, 0.1) is 12.3 Å². The van der Waals surface area contributed by atoms with Crippen LogP contribution in [0.1, 0.15) is 47.4 Å². The number of carbonyl (C=O) groups excluding carboxylic acids is 2. The Bertz CT molecular complexity index is 887. The summed E-state index contributed by atoms with van der Waals surface area (Å²) in [5.74, 6) is 0.323. The Morgan fingerprint density at radius 2 is 1.83 bits per heavy atom. The van der Waals surface area contributed by atoms with E-state index in [1.54, 1.807) is 24.5 Å². The molecule has 2 aliphatic rings. The second-order valence-electron chi connectivity index (χ2n) is 8.24. The van der Waals surface area contributed by atoms with Crippen LogP contribution in [0.3, 0.4) is 0 Å². The van der Waals surface area contributed by atoms with E-state index in [2.05, 4.69) is 9.97 Å². The molecule has 0 radical (unpaired) electrons. The van der Waals surface area contributed by atoms with E-state index in [0.29, 0.717) is 38.2 Å². The van der Waals surface area contributed by atoms with Crippen LogP contribution < -0.4 is 0 Å². The maximum atomic E-state index is 12.7. The van der Waals surface area contributed by atoms with E-state index in [1.165, 1.54) is 12.1 Å². The molecule has 7 heteroatoms. The highest BCUT2D eigenvalue weighted by Crippen LogP contribution is 2.40. The van der Waals surface area contributed by atoms with Crippen molar-refractivity contribution in [2.75, 3.05) is 19.6 Å². The first-order valence-corrected chi connectivity index (χ1v) is 10.1. The Hall–Kier alpha value is -2.96. The molecule has 2 saturated heterocycles. The van der Waals surface area contributed by atoms with Gasteiger partial charge in [-0.05, 0) is 55.9 Å². The van der Waals surface area contributed by atoms with Gasteiger partial charge in [0.15, 0.2) is 0 Å². The minimum absolute atomic E-state index is 0.00137. The van der Waals surface area contributed by atoms with Gasteiger partial charge >= 0.3 is 0 Å². The Morgan fingerprint density at radius 3 is 2.48 bits per heavy atom. The minimum Gasteiger partial charge on any atom is -0.508 e. The van der Waals surface area contributed by atoms with Crippen LogP contribution in [0.15, 0.2) is 36.7 Å². The number of phenolic OH excluding ortho intramolecular Hbond substituents is 1. The predicted octanol–water partition coefficient (Wildman–Crippen LogP) is 2.54. The van der Waals surface area contributed by atoms with Crippen LogP contribution in [0.4, 0.5) is 0 Å². The van der Waals surface area contributed by atoms with E-state index in [4.69, 9.17) is 0 Å². The van der Waals surface area contributed by atoms with Crippen molar-refractivity contribution >= 4 is 11.8 Å². The highest BCUT2D eigenvalue weighted by molar-refractivity contribution is 5.94. The van der Waals surface area contributed by atoms with Crippen molar-refractivity contribution in [3.63, 3.8) is 0 Å². The molecule has 4 rings (SSSR count). The van der Waals surface area contributed by atoms with Gasteiger partial charge in [0.1, 0.15) is 5.75 Å². The summed E-state index contributed by atoms with van der Waals surface area (Å²) in [7, 11) is 0. The third-order valence-corrected chi connectivity index (χ3v) is 6.16. The largest absolute Gasteiger partial charge is 0.508 e. The summed E-state index contributed by atoms with van der Waals surface area (Å²) in [6.07, 6.45) is 6.67. The first-order valence-electron chi connectivity index (χ1n) is 10.1. The zero-order valence-electron chi connectivity index (χ0n) is 16.7. The van der Waals surface area contributed by atoms with Gasteiger partial charge in [0.25, 0.3) is 5.91 Å². The number of rotatable bonds is 3. The first-order chi connectivity index (χ1) is 13.9. The molecule has 3 heterocycles. The van der Waals surface area contributed by atoms with Crippen LogP contribution in [-0.2, 0) is 11.3 Å². The smallest absolute Gasteiger partial charge is 0.253 e. The molecule has 0 atom stereocenters. The molecule has 2 amide bonds. The molecule has 2 aromatic rings. The maximum absolute atomic E-state index is 12.7. The molecular weight excluding hydrogens is 368 g/mol. The molecule has 29 heavy (non-hydrogen) atoms. The topological polar surface area (TPSA) is 86.6 Å². The average molecular weight is 394 g/mol. The number of aromatic nitrogens is 2. The van der Waals surface area contributed by atoms with Crippen LogP contribution in [0.25, 0.3) is 0 Å². The number of nitrogens with zero attached hydrogens (tertiary/aromatic N) is 4. The van der Waals surface area contributed by atoms with Crippen molar-refractivity contribution in [3.8, 4) is 5.75 Å². The van der Waals surface area contributed by atoms with Crippen molar-refractivity contribution in [3.05, 3.63) is 53.6 Å². The summed E-state index contributed by atoms with van der Waals surface area (Å²) >= 11 is 0. The lowest BCUT2D eigenvalue weighted by Crippen LogP contribution is -2.52. The maximum Gasteiger partial charge on any atom is 0.253 e. The van der Waals surface area contributed by atoms with Crippen molar-refractivity contribution < 1.29 is 14.7 Å². The molecule has 0 bridgehead atoms. The van der Waals surface area contributed by atoms with Crippen LogP contribution >= 0.6 is 0 Å². The number of benzene rings is 1. The normalized spacial score (nSPS) is 18.9. The monoisotopic (exact) mass is 394 g/mol. The Labute approximate surface area is 170 Å². The van der Waals surface area contributed by atoms with Crippen LogP contribution in [0.2, 0.25) is 0 Å². The molecule has 7 nitrogen and oxygen atoms in total. The van der Waals surface area contributed by atoms with Crippen molar-refractivity contribution in [1.82, 2.24) is 19.8 Å². The quantitative estimate of drug-likeness (QED) is 0.865.